The number of aryl methyl sites for hydroxylation is 2. The molecule has 0 aliphatic heterocycles. The lowest BCUT2D eigenvalue weighted by molar-refractivity contribution is 0.774. The molecule has 2 aromatic carbocycles. The summed E-state index contributed by atoms with van der Waals surface area (Å²) in [4.78, 5) is 0. The second-order valence-electron chi connectivity index (χ2n) is 5.03. The van der Waals surface area contributed by atoms with E-state index in [2.05, 4.69) is 60.1 Å². The molecule has 100 valence electrons. The maximum atomic E-state index is 5.95. The lowest BCUT2D eigenvalue weighted by Gasteiger charge is -2.15. The van der Waals surface area contributed by atoms with Crippen LogP contribution in [0, 0.1) is 13.8 Å². The van der Waals surface area contributed by atoms with E-state index in [1.54, 1.807) is 0 Å². The Kier molecular flexibility index (Phi) is 5.06. The van der Waals surface area contributed by atoms with E-state index in [0.717, 1.165) is 16.8 Å². The molecule has 0 N–H and O–H groups in total. The number of hydrogen-bond acceptors (Lipinski definition) is 0. The van der Waals surface area contributed by atoms with Crippen LogP contribution in [0.3, 0.4) is 0 Å². The molecule has 1 atom stereocenters. The highest BCUT2D eigenvalue weighted by atomic mass is 79.9. The molecule has 0 saturated carbocycles. The molecule has 2 aromatic rings. The number of halogens is 2. The Morgan fingerprint density at radius 3 is 2.26 bits per heavy atom. The zero-order chi connectivity index (χ0) is 13.8. The van der Waals surface area contributed by atoms with E-state index < -0.39 is 0 Å². The van der Waals surface area contributed by atoms with Crippen LogP contribution in [0.25, 0.3) is 0 Å². The van der Waals surface area contributed by atoms with Crippen LogP contribution in [0.2, 0.25) is 5.02 Å². The van der Waals surface area contributed by atoms with Gasteiger partial charge in [0.25, 0.3) is 0 Å². The molecule has 19 heavy (non-hydrogen) atoms. The van der Waals surface area contributed by atoms with Gasteiger partial charge in [0.2, 0.25) is 0 Å². The summed E-state index contributed by atoms with van der Waals surface area (Å²) in [5.41, 5.74) is 5.44. The summed E-state index contributed by atoms with van der Waals surface area (Å²) in [6.07, 6.45) is 1.05. The summed E-state index contributed by atoms with van der Waals surface area (Å²) in [7, 11) is 0. The second kappa shape index (κ2) is 6.58. The van der Waals surface area contributed by atoms with Crippen LogP contribution < -0.4 is 0 Å². The Morgan fingerprint density at radius 2 is 1.68 bits per heavy atom. The predicted octanol–water partition coefficient (Wildman–Crippen LogP) is 5.68. The fourth-order valence-electron chi connectivity index (χ4n) is 2.21. The van der Waals surface area contributed by atoms with Crippen LogP contribution in [0.4, 0.5) is 0 Å². The van der Waals surface area contributed by atoms with Gasteiger partial charge in [-0.05, 0) is 60.6 Å². The highest BCUT2D eigenvalue weighted by molar-refractivity contribution is 9.09. The highest BCUT2D eigenvalue weighted by Gasteiger charge is 2.11. The van der Waals surface area contributed by atoms with Gasteiger partial charge < -0.3 is 0 Å². The molecule has 2 heteroatoms. The van der Waals surface area contributed by atoms with Crippen LogP contribution in [0.5, 0.6) is 0 Å². The zero-order valence-corrected chi connectivity index (χ0v) is 13.6. The molecule has 0 spiro atoms. The van der Waals surface area contributed by atoms with Crippen molar-refractivity contribution < 1.29 is 0 Å². The highest BCUT2D eigenvalue weighted by Crippen LogP contribution is 2.25. The third-order valence-electron chi connectivity index (χ3n) is 3.58. The van der Waals surface area contributed by atoms with Gasteiger partial charge in [0.05, 0.1) is 0 Å². The van der Waals surface area contributed by atoms with E-state index >= 15 is 0 Å². The standard InChI is InChI=1S/C17H18BrCl/c1-12-3-4-14(9-13(12)2)10-16(11-18)15-5-7-17(19)8-6-15/h3-9,16H,10-11H2,1-2H3. The maximum Gasteiger partial charge on any atom is 0.0406 e. The summed E-state index contributed by atoms with van der Waals surface area (Å²) in [5, 5.41) is 1.75. The molecule has 0 heterocycles. The van der Waals surface area contributed by atoms with Crippen molar-refractivity contribution in [1.29, 1.82) is 0 Å². The van der Waals surface area contributed by atoms with Gasteiger partial charge in [0, 0.05) is 10.4 Å². The molecule has 0 aliphatic carbocycles. The molecule has 0 aromatic heterocycles. The molecule has 0 radical (unpaired) electrons. The molecule has 0 amide bonds. The SMILES string of the molecule is Cc1ccc(CC(CBr)c2ccc(Cl)cc2)cc1C. The molecule has 0 nitrogen and oxygen atoms in total. The first-order chi connectivity index (χ1) is 9.10. The third-order valence-corrected chi connectivity index (χ3v) is 4.61. The van der Waals surface area contributed by atoms with Crippen molar-refractivity contribution in [1.82, 2.24) is 0 Å². The summed E-state index contributed by atoms with van der Waals surface area (Å²) in [5.74, 6) is 0.486. The average Bonchev–Trinajstić information content (AvgIpc) is 2.41. The largest absolute Gasteiger partial charge is 0.0921 e. The minimum atomic E-state index is 0.486. The van der Waals surface area contributed by atoms with Crippen molar-refractivity contribution in [3.63, 3.8) is 0 Å². The Hall–Kier alpha value is -0.790. The van der Waals surface area contributed by atoms with Crippen LogP contribution in [-0.4, -0.2) is 5.33 Å². The van der Waals surface area contributed by atoms with Crippen molar-refractivity contribution in [3.8, 4) is 0 Å². The Morgan fingerprint density at radius 1 is 1.00 bits per heavy atom. The molecule has 0 aliphatic rings. The summed E-state index contributed by atoms with van der Waals surface area (Å²) >= 11 is 9.57. The second-order valence-corrected chi connectivity index (χ2v) is 6.11. The van der Waals surface area contributed by atoms with Gasteiger partial charge in [0.1, 0.15) is 0 Å². The van der Waals surface area contributed by atoms with Gasteiger partial charge in [-0.15, -0.1) is 0 Å². The predicted molar refractivity (Wildman–Crippen MR) is 87.6 cm³/mol. The molecule has 1 unspecified atom stereocenters. The lowest BCUT2D eigenvalue weighted by atomic mass is 9.92. The third kappa shape index (κ3) is 3.84. The monoisotopic (exact) mass is 336 g/mol. The first kappa shape index (κ1) is 14.6. The fourth-order valence-corrected chi connectivity index (χ4v) is 2.94. The normalized spacial score (nSPS) is 12.4. The minimum Gasteiger partial charge on any atom is -0.0921 e. The lowest BCUT2D eigenvalue weighted by Crippen LogP contribution is -2.04. The zero-order valence-electron chi connectivity index (χ0n) is 11.3. The first-order valence-electron chi connectivity index (χ1n) is 6.47. The smallest absolute Gasteiger partial charge is 0.0406 e. The summed E-state index contributed by atoms with van der Waals surface area (Å²) in [6.45, 7) is 4.32. The van der Waals surface area contributed by atoms with Gasteiger partial charge in [0.15, 0.2) is 0 Å². The van der Waals surface area contributed by atoms with Crippen molar-refractivity contribution in [2.45, 2.75) is 26.2 Å². The topological polar surface area (TPSA) is 0 Å². The number of rotatable bonds is 4. The van der Waals surface area contributed by atoms with Crippen molar-refractivity contribution in [3.05, 3.63) is 69.7 Å². The quantitative estimate of drug-likeness (QED) is 0.630. The van der Waals surface area contributed by atoms with Crippen molar-refractivity contribution in [2.24, 2.45) is 0 Å². The van der Waals surface area contributed by atoms with E-state index in [1.165, 1.54) is 22.3 Å². The molecular weight excluding hydrogens is 320 g/mol. The molecule has 0 bridgehead atoms. The van der Waals surface area contributed by atoms with E-state index in [-0.39, 0.29) is 0 Å². The molecule has 0 saturated heterocycles. The molecule has 2 rings (SSSR count). The minimum absolute atomic E-state index is 0.486. The van der Waals surface area contributed by atoms with E-state index in [4.69, 9.17) is 11.6 Å². The number of hydrogen-bond donors (Lipinski definition) is 0. The van der Waals surface area contributed by atoms with E-state index in [1.807, 2.05) is 12.1 Å². The van der Waals surface area contributed by atoms with Gasteiger partial charge in [-0.25, -0.2) is 0 Å². The first-order valence-corrected chi connectivity index (χ1v) is 7.97. The number of benzene rings is 2. The van der Waals surface area contributed by atoms with Crippen molar-refractivity contribution in [2.75, 3.05) is 5.33 Å². The van der Waals surface area contributed by atoms with Gasteiger partial charge in [-0.1, -0.05) is 57.9 Å². The van der Waals surface area contributed by atoms with E-state index in [9.17, 15) is 0 Å². The van der Waals surface area contributed by atoms with Gasteiger partial charge >= 0.3 is 0 Å². The molecular formula is C17H18BrCl. The van der Waals surface area contributed by atoms with Crippen molar-refractivity contribution >= 4 is 27.5 Å². The molecule has 0 fully saturated rings. The van der Waals surface area contributed by atoms with E-state index in [0.29, 0.717) is 5.92 Å². The van der Waals surface area contributed by atoms with Crippen LogP contribution in [-0.2, 0) is 6.42 Å². The van der Waals surface area contributed by atoms with Gasteiger partial charge in [-0.2, -0.15) is 0 Å². The Bertz CT molecular complexity index is 546. The average molecular weight is 338 g/mol. The van der Waals surface area contributed by atoms with Gasteiger partial charge in [-0.3, -0.25) is 0 Å². The van der Waals surface area contributed by atoms with Crippen LogP contribution in [0.1, 0.15) is 28.2 Å². The fraction of sp³-hybridized carbons (Fsp3) is 0.294. The summed E-state index contributed by atoms with van der Waals surface area (Å²) in [6, 6.07) is 14.9. The maximum absolute atomic E-state index is 5.95. The summed E-state index contributed by atoms with van der Waals surface area (Å²) < 4.78 is 0. The Balaban J connectivity index is 2.18. The van der Waals surface area contributed by atoms with Crippen LogP contribution in [0.15, 0.2) is 42.5 Å². The number of alkyl halides is 1. The Labute approximate surface area is 128 Å². The van der Waals surface area contributed by atoms with Crippen LogP contribution >= 0.6 is 27.5 Å².